The quantitative estimate of drug-likeness (QED) is 0.532. The van der Waals surface area contributed by atoms with Crippen LogP contribution in [0.4, 0.5) is 0 Å². The summed E-state index contributed by atoms with van der Waals surface area (Å²) in [5.74, 6) is -1.57. The Bertz CT molecular complexity index is 700. The number of ketones is 2. The first kappa shape index (κ1) is 13.9. The fourth-order valence-electron chi connectivity index (χ4n) is 2.97. The standard InChI is InChI=1S/C15H14O6/c1-15(21)5-7-10(13(19)14(15)20)12(18)9-6(11(7)17)3-2-4-8(9)16/h2-4,13-14,16,19-21H,5H2,1H3/t13-,14+,15-/m1/s1. The Morgan fingerprint density at radius 3 is 2.52 bits per heavy atom. The van der Waals surface area contributed by atoms with E-state index in [-0.39, 0.29) is 34.4 Å². The number of hydrogen-bond acceptors (Lipinski definition) is 6. The molecule has 2 aliphatic rings. The number of fused-ring (bicyclic) bond motifs is 1. The van der Waals surface area contributed by atoms with Crippen molar-refractivity contribution in [3.63, 3.8) is 0 Å². The normalized spacial score (nSPS) is 32.0. The lowest BCUT2D eigenvalue weighted by Crippen LogP contribution is -2.54. The molecule has 6 nitrogen and oxygen atoms in total. The molecular formula is C15H14O6. The zero-order valence-corrected chi connectivity index (χ0v) is 11.2. The summed E-state index contributed by atoms with van der Waals surface area (Å²) in [6.07, 6.45) is -3.49. The van der Waals surface area contributed by atoms with Crippen molar-refractivity contribution in [2.24, 2.45) is 0 Å². The van der Waals surface area contributed by atoms with Gasteiger partial charge in [-0.15, -0.1) is 0 Å². The van der Waals surface area contributed by atoms with Crippen LogP contribution >= 0.6 is 0 Å². The second kappa shape index (κ2) is 4.24. The van der Waals surface area contributed by atoms with Gasteiger partial charge in [0.15, 0.2) is 11.6 Å². The van der Waals surface area contributed by atoms with E-state index in [2.05, 4.69) is 0 Å². The number of Topliss-reactive ketones (excluding diaryl/α,β-unsaturated/α-hetero) is 2. The highest BCUT2D eigenvalue weighted by Crippen LogP contribution is 2.41. The Morgan fingerprint density at radius 1 is 1.19 bits per heavy atom. The van der Waals surface area contributed by atoms with E-state index in [1.165, 1.54) is 25.1 Å². The molecule has 1 aromatic carbocycles. The van der Waals surface area contributed by atoms with Gasteiger partial charge in [0.25, 0.3) is 0 Å². The Kier molecular flexibility index (Phi) is 2.81. The lowest BCUT2D eigenvalue weighted by atomic mass is 9.70. The van der Waals surface area contributed by atoms with Gasteiger partial charge in [-0.2, -0.15) is 0 Å². The van der Waals surface area contributed by atoms with Crippen molar-refractivity contribution < 1.29 is 30.0 Å². The fourth-order valence-corrected chi connectivity index (χ4v) is 2.97. The number of carbonyl (C=O) groups is 2. The summed E-state index contributed by atoms with van der Waals surface area (Å²) in [6, 6.07) is 4.12. The van der Waals surface area contributed by atoms with Crippen molar-refractivity contribution in [3.05, 3.63) is 40.5 Å². The van der Waals surface area contributed by atoms with Crippen LogP contribution in [-0.2, 0) is 0 Å². The topological polar surface area (TPSA) is 115 Å². The van der Waals surface area contributed by atoms with E-state index in [1.807, 2.05) is 0 Å². The van der Waals surface area contributed by atoms with Gasteiger partial charge in [0.05, 0.1) is 11.2 Å². The summed E-state index contributed by atoms with van der Waals surface area (Å²) in [6.45, 7) is 1.29. The molecule has 3 atom stereocenters. The van der Waals surface area contributed by atoms with E-state index in [4.69, 9.17) is 0 Å². The molecule has 0 fully saturated rings. The van der Waals surface area contributed by atoms with Crippen LogP contribution in [0.25, 0.3) is 0 Å². The van der Waals surface area contributed by atoms with Gasteiger partial charge in [-0.05, 0) is 13.0 Å². The van der Waals surface area contributed by atoms with Gasteiger partial charge in [0.2, 0.25) is 0 Å². The predicted octanol–water partition coefficient (Wildman–Crippen LogP) is -0.0557. The maximum atomic E-state index is 12.5. The lowest BCUT2D eigenvalue weighted by molar-refractivity contribution is -0.111. The summed E-state index contributed by atoms with van der Waals surface area (Å²) in [7, 11) is 0. The first-order valence-electron chi connectivity index (χ1n) is 6.48. The zero-order chi connectivity index (χ0) is 15.5. The van der Waals surface area contributed by atoms with Gasteiger partial charge >= 0.3 is 0 Å². The summed E-state index contributed by atoms with van der Waals surface area (Å²) in [5, 5.41) is 39.9. The second-order valence-corrected chi connectivity index (χ2v) is 5.67. The number of hydrogen-bond donors (Lipinski definition) is 4. The van der Waals surface area contributed by atoms with Crippen LogP contribution in [0.3, 0.4) is 0 Å². The Balaban J connectivity index is 2.25. The number of carbonyl (C=O) groups excluding carboxylic acids is 2. The Morgan fingerprint density at radius 2 is 1.86 bits per heavy atom. The summed E-state index contributed by atoms with van der Waals surface area (Å²) in [4.78, 5) is 24.9. The lowest BCUT2D eigenvalue weighted by Gasteiger charge is -2.40. The molecular weight excluding hydrogens is 276 g/mol. The van der Waals surface area contributed by atoms with Gasteiger partial charge < -0.3 is 20.4 Å². The molecule has 0 aliphatic heterocycles. The summed E-state index contributed by atoms with van der Waals surface area (Å²) >= 11 is 0. The van der Waals surface area contributed by atoms with Crippen LogP contribution in [0, 0.1) is 0 Å². The number of aliphatic hydroxyl groups is 3. The van der Waals surface area contributed by atoms with E-state index < -0.39 is 29.4 Å². The number of phenols is 1. The molecule has 0 aromatic heterocycles. The third kappa shape index (κ3) is 1.77. The predicted molar refractivity (Wildman–Crippen MR) is 71.0 cm³/mol. The number of rotatable bonds is 0. The molecule has 0 amide bonds. The molecule has 0 bridgehead atoms. The SMILES string of the molecule is C[C@@]1(O)CC2=C(C(=O)c3c(O)cccc3C2=O)[C@@H](O)[C@@H]1O. The minimum Gasteiger partial charge on any atom is -0.507 e. The number of benzene rings is 1. The molecule has 6 heteroatoms. The average Bonchev–Trinajstić information content (AvgIpc) is 2.41. The fraction of sp³-hybridized carbons (Fsp3) is 0.333. The van der Waals surface area contributed by atoms with Crippen LogP contribution in [0.2, 0.25) is 0 Å². The van der Waals surface area contributed by atoms with E-state index in [1.54, 1.807) is 0 Å². The average molecular weight is 290 g/mol. The van der Waals surface area contributed by atoms with Crippen molar-refractivity contribution in [3.8, 4) is 5.75 Å². The van der Waals surface area contributed by atoms with Crippen molar-refractivity contribution in [1.82, 2.24) is 0 Å². The van der Waals surface area contributed by atoms with Gasteiger partial charge in [-0.3, -0.25) is 9.59 Å². The van der Waals surface area contributed by atoms with Crippen LogP contribution in [0.15, 0.2) is 29.3 Å². The number of aromatic hydroxyl groups is 1. The highest BCUT2D eigenvalue weighted by atomic mass is 16.4. The minimum atomic E-state index is -1.71. The van der Waals surface area contributed by atoms with E-state index in [9.17, 15) is 30.0 Å². The van der Waals surface area contributed by atoms with Crippen molar-refractivity contribution in [1.29, 1.82) is 0 Å². The van der Waals surface area contributed by atoms with Crippen molar-refractivity contribution in [2.45, 2.75) is 31.2 Å². The van der Waals surface area contributed by atoms with E-state index in [0.29, 0.717) is 0 Å². The molecule has 1 aromatic rings. The highest BCUT2D eigenvalue weighted by Gasteiger charge is 2.49. The van der Waals surface area contributed by atoms with Gasteiger partial charge in [-0.1, -0.05) is 12.1 Å². The number of aliphatic hydroxyl groups excluding tert-OH is 2. The van der Waals surface area contributed by atoms with Crippen LogP contribution in [0.5, 0.6) is 5.75 Å². The third-order valence-electron chi connectivity index (χ3n) is 4.12. The third-order valence-corrected chi connectivity index (χ3v) is 4.12. The van der Waals surface area contributed by atoms with Crippen molar-refractivity contribution in [2.75, 3.05) is 0 Å². The maximum Gasteiger partial charge on any atom is 0.196 e. The summed E-state index contributed by atoms with van der Waals surface area (Å²) in [5.41, 5.74) is -2.09. The largest absolute Gasteiger partial charge is 0.507 e. The smallest absolute Gasteiger partial charge is 0.196 e. The molecule has 21 heavy (non-hydrogen) atoms. The monoisotopic (exact) mass is 290 g/mol. The molecule has 0 spiro atoms. The van der Waals surface area contributed by atoms with Crippen LogP contribution < -0.4 is 0 Å². The molecule has 0 heterocycles. The maximum absolute atomic E-state index is 12.5. The molecule has 3 rings (SSSR count). The minimum absolute atomic E-state index is 0.0131. The second-order valence-electron chi connectivity index (χ2n) is 5.67. The Labute approximate surface area is 120 Å². The van der Waals surface area contributed by atoms with E-state index in [0.717, 1.165) is 0 Å². The highest BCUT2D eigenvalue weighted by molar-refractivity contribution is 6.28. The summed E-state index contributed by atoms with van der Waals surface area (Å²) < 4.78 is 0. The van der Waals surface area contributed by atoms with Crippen molar-refractivity contribution >= 4 is 11.6 Å². The van der Waals surface area contributed by atoms with Gasteiger partial charge in [0.1, 0.15) is 18.0 Å². The zero-order valence-electron chi connectivity index (χ0n) is 11.2. The Hall–Kier alpha value is -2.02. The number of phenolic OH excluding ortho intramolecular Hbond substituents is 1. The molecule has 0 saturated carbocycles. The molecule has 0 saturated heterocycles. The van der Waals surface area contributed by atoms with Gasteiger partial charge in [-0.25, -0.2) is 0 Å². The van der Waals surface area contributed by atoms with Crippen LogP contribution in [0.1, 0.15) is 34.1 Å². The van der Waals surface area contributed by atoms with Gasteiger partial charge in [0, 0.05) is 23.1 Å². The molecule has 0 radical (unpaired) electrons. The molecule has 2 aliphatic carbocycles. The van der Waals surface area contributed by atoms with E-state index >= 15 is 0 Å². The first-order chi connectivity index (χ1) is 9.75. The van der Waals surface area contributed by atoms with Crippen LogP contribution in [-0.4, -0.2) is 49.8 Å². The first-order valence-corrected chi connectivity index (χ1v) is 6.48. The molecule has 110 valence electrons. The molecule has 0 unspecified atom stereocenters. The molecule has 4 N–H and O–H groups in total.